The summed E-state index contributed by atoms with van der Waals surface area (Å²) in [5.74, 6) is -0.236. The van der Waals surface area contributed by atoms with Gasteiger partial charge in [0.05, 0.1) is 16.3 Å². The number of aromatic nitrogens is 1. The Balaban J connectivity index is 1.91. The lowest BCUT2D eigenvalue weighted by molar-refractivity contribution is -0.118. The van der Waals surface area contributed by atoms with Gasteiger partial charge in [0.1, 0.15) is 10.7 Å². The highest BCUT2D eigenvalue weighted by atomic mass is 35.5. The first-order valence-corrected chi connectivity index (χ1v) is 10.7. The SMILES string of the molecule is CNC(=O)CSc1nc(-c2ccccc2)c(NC(=O)c2cc(Cl)ccc2Cl)s1. The number of anilines is 1. The highest BCUT2D eigenvalue weighted by Gasteiger charge is 2.19. The number of hydrogen-bond acceptors (Lipinski definition) is 5. The Bertz CT molecular complexity index is 1010. The zero-order valence-corrected chi connectivity index (χ0v) is 17.8. The highest BCUT2D eigenvalue weighted by Crippen LogP contribution is 2.38. The fourth-order valence-corrected chi connectivity index (χ4v) is 4.59. The van der Waals surface area contributed by atoms with Crippen molar-refractivity contribution in [2.24, 2.45) is 0 Å². The molecule has 1 heterocycles. The quantitative estimate of drug-likeness (QED) is 0.504. The van der Waals surface area contributed by atoms with Gasteiger partial charge < -0.3 is 10.6 Å². The Hall–Kier alpha value is -2.06. The van der Waals surface area contributed by atoms with E-state index in [9.17, 15) is 9.59 Å². The van der Waals surface area contributed by atoms with Crippen LogP contribution in [0.5, 0.6) is 0 Å². The van der Waals surface area contributed by atoms with Crippen LogP contribution >= 0.6 is 46.3 Å². The van der Waals surface area contributed by atoms with Crippen LogP contribution in [-0.2, 0) is 4.79 Å². The summed E-state index contributed by atoms with van der Waals surface area (Å²) in [7, 11) is 1.58. The molecule has 28 heavy (non-hydrogen) atoms. The number of benzene rings is 2. The average molecular weight is 452 g/mol. The van der Waals surface area contributed by atoms with Gasteiger partial charge in [0.25, 0.3) is 5.91 Å². The number of thioether (sulfide) groups is 1. The first kappa shape index (κ1) is 20.7. The van der Waals surface area contributed by atoms with Gasteiger partial charge in [-0.05, 0) is 18.2 Å². The Kier molecular flexibility index (Phi) is 6.96. The Labute approximate surface area is 180 Å². The minimum atomic E-state index is -0.379. The second-order valence-corrected chi connectivity index (χ2v) is 8.63. The molecule has 0 aliphatic heterocycles. The predicted molar refractivity (Wildman–Crippen MR) is 117 cm³/mol. The van der Waals surface area contributed by atoms with E-state index < -0.39 is 0 Å². The topological polar surface area (TPSA) is 71.1 Å². The molecule has 2 aromatic carbocycles. The van der Waals surface area contributed by atoms with Gasteiger partial charge in [0.15, 0.2) is 4.34 Å². The van der Waals surface area contributed by atoms with E-state index in [0.29, 0.717) is 25.1 Å². The first-order chi connectivity index (χ1) is 13.5. The van der Waals surface area contributed by atoms with E-state index in [2.05, 4.69) is 15.6 Å². The van der Waals surface area contributed by atoms with Crippen molar-refractivity contribution >= 4 is 63.1 Å². The molecular weight excluding hydrogens is 437 g/mol. The van der Waals surface area contributed by atoms with Crippen LogP contribution in [0, 0.1) is 0 Å². The van der Waals surface area contributed by atoms with Crippen molar-refractivity contribution in [3.8, 4) is 11.3 Å². The van der Waals surface area contributed by atoms with E-state index in [-0.39, 0.29) is 23.1 Å². The van der Waals surface area contributed by atoms with E-state index in [1.54, 1.807) is 19.2 Å². The third-order valence-electron chi connectivity index (χ3n) is 3.66. The number of carbonyl (C=O) groups is 2. The molecule has 144 valence electrons. The first-order valence-electron chi connectivity index (χ1n) is 8.14. The van der Waals surface area contributed by atoms with Crippen molar-refractivity contribution in [1.29, 1.82) is 0 Å². The summed E-state index contributed by atoms with van der Waals surface area (Å²) in [5.41, 5.74) is 1.77. The summed E-state index contributed by atoms with van der Waals surface area (Å²) in [4.78, 5) is 28.9. The van der Waals surface area contributed by atoms with Crippen molar-refractivity contribution in [2.45, 2.75) is 4.34 Å². The molecule has 0 bridgehead atoms. The number of rotatable bonds is 6. The molecule has 0 unspecified atom stereocenters. The maximum absolute atomic E-state index is 12.7. The summed E-state index contributed by atoms with van der Waals surface area (Å²) in [6.07, 6.45) is 0. The molecule has 0 aliphatic rings. The summed E-state index contributed by atoms with van der Waals surface area (Å²) < 4.78 is 0.676. The van der Waals surface area contributed by atoms with E-state index in [4.69, 9.17) is 23.2 Å². The normalized spacial score (nSPS) is 10.5. The van der Waals surface area contributed by atoms with Crippen LogP contribution in [-0.4, -0.2) is 29.6 Å². The largest absolute Gasteiger partial charge is 0.358 e. The molecule has 0 saturated heterocycles. The van der Waals surface area contributed by atoms with Crippen molar-refractivity contribution in [3.05, 3.63) is 64.1 Å². The van der Waals surface area contributed by atoms with Gasteiger partial charge >= 0.3 is 0 Å². The Morgan fingerprint density at radius 1 is 1.14 bits per heavy atom. The molecule has 0 radical (unpaired) electrons. The van der Waals surface area contributed by atoms with E-state index in [1.165, 1.54) is 29.2 Å². The van der Waals surface area contributed by atoms with Gasteiger partial charge in [-0.1, -0.05) is 76.6 Å². The van der Waals surface area contributed by atoms with Crippen molar-refractivity contribution in [2.75, 3.05) is 18.1 Å². The molecule has 3 aromatic rings. The zero-order chi connectivity index (χ0) is 20.1. The molecule has 1 aromatic heterocycles. The summed E-state index contributed by atoms with van der Waals surface area (Å²) in [6, 6.07) is 14.2. The number of nitrogens with one attached hydrogen (secondary N) is 2. The van der Waals surface area contributed by atoms with Crippen molar-refractivity contribution < 1.29 is 9.59 Å². The molecule has 2 N–H and O–H groups in total. The number of halogens is 2. The molecule has 9 heteroatoms. The van der Waals surface area contributed by atoms with Crippen LogP contribution in [0.15, 0.2) is 52.9 Å². The number of carbonyl (C=O) groups excluding carboxylic acids is 2. The van der Waals surface area contributed by atoms with Gasteiger partial charge in [0, 0.05) is 17.6 Å². The maximum atomic E-state index is 12.7. The van der Waals surface area contributed by atoms with E-state index in [1.807, 2.05) is 30.3 Å². The summed E-state index contributed by atoms with van der Waals surface area (Å²) in [6.45, 7) is 0. The van der Waals surface area contributed by atoms with Crippen LogP contribution in [0.2, 0.25) is 10.0 Å². The van der Waals surface area contributed by atoms with Crippen molar-refractivity contribution in [3.63, 3.8) is 0 Å². The smallest absolute Gasteiger partial charge is 0.257 e. The second-order valence-electron chi connectivity index (χ2n) is 5.56. The van der Waals surface area contributed by atoms with Crippen LogP contribution < -0.4 is 10.6 Å². The highest BCUT2D eigenvalue weighted by molar-refractivity contribution is 8.01. The fraction of sp³-hybridized carbons (Fsp3) is 0.105. The molecule has 0 atom stereocenters. The molecule has 0 aliphatic carbocycles. The third-order valence-corrected chi connectivity index (χ3v) is 6.34. The van der Waals surface area contributed by atoms with Crippen LogP contribution in [0.4, 0.5) is 5.00 Å². The van der Waals surface area contributed by atoms with Crippen LogP contribution in [0.3, 0.4) is 0 Å². The summed E-state index contributed by atoms with van der Waals surface area (Å²) in [5, 5.41) is 6.75. The van der Waals surface area contributed by atoms with E-state index >= 15 is 0 Å². The zero-order valence-electron chi connectivity index (χ0n) is 14.7. The summed E-state index contributed by atoms with van der Waals surface area (Å²) >= 11 is 14.7. The molecule has 3 rings (SSSR count). The number of hydrogen-bond donors (Lipinski definition) is 2. The van der Waals surface area contributed by atoms with Gasteiger partial charge in [-0.15, -0.1) is 0 Å². The van der Waals surface area contributed by atoms with Crippen LogP contribution in [0.1, 0.15) is 10.4 Å². The van der Waals surface area contributed by atoms with Gasteiger partial charge in [-0.2, -0.15) is 0 Å². The molecule has 0 fully saturated rings. The Morgan fingerprint density at radius 3 is 2.61 bits per heavy atom. The predicted octanol–water partition coefficient (Wildman–Crippen LogP) is 5.21. The molecule has 0 spiro atoms. The lowest BCUT2D eigenvalue weighted by Gasteiger charge is -2.07. The monoisotopic (exact) mass is 451 g/mol. The lowest BCUT2D eigenvalue weighted by Crippen LogP contribution is -2.19. The fourth-order valence-electron chi connectivity index (χ4n) is 2.28. The molecule has 0 saturated carbocycles. The average Bonchev–Trinajstić information content (AvgIpc) is 3.11. The van der Waals surface area contributed by atoms with Gasteiger partial charge in [-0.25, -0.2) is 4.98 Å². The minimum Gasteiger partial charge on any atom is -0.358 e. The third kappa shape index (κ3) is 5.05. The molecule has 5 nitrogen and oxygen atoms in total. The van der Waals surface area contributed by atoms with E-state index in [0.717, 1.165) is 5.56 Å². The van der Waals surface area contributed by atoms with Crippen molar-refractivity contribution in [1.82, 2.24) is 10.3 Å². The van der Waals surface area contributed by atoms with Crippen LogP contribution in [0.25, 0.3) is 11.3 Å². The molecule has 2 amide bonds. The maximum Gasteiger partial charge on any atom is 0.257 e. The Morgan fingerprint density at radius 2 is 1.89 bits per heavy atom. The lowest BCUT2D eigenvalue weighted by atomic mass is 10.1. The van der Waals surface area contributed by atoms with Gasteiger partial charge in [0.2, 0.25) is 5.91 Å². The standard InChI is InChI=1S/C19H15Cl2N3O2S2/c1-22-15(25)10-27-19-23-16(11-5-3-2-4-6-11)18(28-19)24-17(26)13-9-12(20)7-8-14(13)21/h2-9H,10H2,1H3,(H,22,25)(H,24,26). The van der Waals surface area contributed by atoms with Gasteiger partial charge in [-0.3, -0.25) is 9.59 Å². The number of amides is 2. The second kappa shape index (κ2) is 9.43. The number of nitrogens with zero attached hydrogens (tertiary/aromatic N) is 1. The minimum absolute atomic E-state index is 0.0993. The molecular formula is C19H15Cl2N3O2S2. The number of thiazole rings is 1.